The van der Waals surface area contributed by atoms with Crippen LogP contribution in [0.15, 0.2) is 43.1 Å². The highest BCUT2D eigenvalue weighted by molar-refractivity contribution is 5.78. The zero-order valence-corrected chi connectivity index (χ0v) is 19.4. The molecule has 0 N–H and O–H groups in total. The Bertz CT molecular complexity index is 1100. The van der Waals surface area contributed by atoms with Gasteiger partial charge in [-0.1, -0.05) is 18.2 Å². The molecule has 172 valence electrons. The summed E-state index contributed by atoms with van der Waals surface area (Å²) < 4.78 is 11.9. The van der Waals surface area contributed by atoms with Crippen molar-refractivity contribution in [1.82, 2.24) is 24.8 Å². The van der Waals surface area contributed by atoms with Gasteiger partial charge in [0.1, 0.15) is 18.2 Å². The van der Waals surface area contributed by atoms with E-state index in [-0.39, 0.29) is 12.5 Å². The smallest absolute Gasteiger partial charge is 0.260 e. The number of aryl methyl sites for hydroxylation is 2. The summed E-state index contributed by atoms with van der Waals surface area (Å²) in [5, 5.41) is 0. The summed E-state index contributed by atoms with van der Waals surface area (Å²) in [6, 6.07) is 5.93. The molecule has 9 nitrogen and oxygen atoms in total. The van der Waals surface area contributed by atoms with Crippen LogP contribution in [0.2, 0.25) is 0 Å². The molecule has 1 unspecified atom stereocenters. The summed E-state index contributed by atoms with van der Waals surface area (Å²) in [5.74, 6) is 1.24. The molecule has 1 aliphatic rings. The summed E-state index contributed by atoms with van der Waals surface area (Å²) in [4.78, 5) is 34.0. The Balaban J connectivity index is 1.54. The molecule has 9 heteroatoms. The molecule has 1 atom stereocenters. The van der Waals surface area contributed by atoms with Crippen molar-refractivity contribution in [2.24, 2.45) is 0 Å². The van der Waals surface area contributed by atoms with Gasteiger partial charge in [-0.15, -0.1) is 0 Å². The molecule has 0 radical (unpaired) electrons. The lowest BCUT2D eigenvalue weighted by molar-refractivity contribution is -0.141. The number of aromatic nitrogens is 4. The molecule has 1 aliphatic heterocycles. The average Bonchev–Trinajstić information content (AvgIpc) is 2.84. The quantitative estimate of drug-likeness (QED) is 0.568. The summed E-state index contributed by atoms with van der Waals surface area (Å²) in [6.45, 7) is 5.21. The van der Waals surface area contributed by atoms with Gasteiger partial charge in [-0.25, -0.2) is 19.9 Å². The van der Waals surface area contributed by atoms with Crippen molar-refractivity contribution >= 4 is 11.9 Å². The van der Waals surface area contributed by atoms with Crippen LogP contribution in [0.3, 0.4) is 0 Å². The molecule has 0 spiro atoms. The number of rotatable bonds is 6. The Hall–Kier alpha value is -3.59. The third-order valence-corrected chi connectivity index (χ3v) is 5.55. The summed E-state index contributed by atoms with van der Waals surface area (Å²) >= 11 is 0. The van der Waals surface area contributed by atoms with Crippen molar-refractivity contribution in [3.05, 3.63) is 59.9 Å². The summed E-state index contributed by atoms with van der Waals surface area (Å²) in [5.41, 5.74) is 4.30. The second-order valence-corrected chi connectivity index (χ2v) is 8.20. The maximum absolute atomic E-state index is 13.0. The first-order valence-electron chi connectivity index (χ1n) is 10.8. The molecular weight excluding hydrogens is 420 g/mol. The van der Waals surface area contributed by atoms with Gasteiger partial charge in [-0.2, -0.15) is 0 Å². The minimum atomic E-state index is -0.403. The Labute approximate surface area is 193 Å². The van der Waals surface area contributed by atoms with Gasteiger partial charge in [0.05, 0.1) is 18.8 Å². The number of anilines is 1. The van der Waals surface area contributed by atoms with Gasteiger partial charge in [-0.3, -0.25) is 4.79 Å². The lowest BCUT2D eigenvalue weighted by atomic mass is 10.0. The molecular formula is C24H28N6O3. The third kappa shape index (κ3) is 5.09. The number of para-hydroxylation sites is 1. The SMILES string of the molecule is Cc1cccc(C)c1OCC(=O)N1CCOC(c2nc(N(C)C)ncc2-c2cncnc2)C1. The molecule has 1 amide bonds. The van der Waals surface area contributed by atoms with Crippen LogP contribution in [0.4, 0.5) is 5.95 Å². The van der Waals surface area contributed by atoms with Crippen molar-refractivity contribution in [3.8, 4) is 16.9 Å². The Kier molecular flexibility index (Phi) is 6.79. The van der Waals surface area contributed by atoms with Crippen LogP contribution in [-0.4, -0.2) is 71.1 Å². The van der Waals surface area contributed by atoms with E-state index in [1.807, 2.05) is 51.0 Å². The third-order valence-electron chi connectivity index (χ3n) is 5.55. The Morgan fingerprint density at radius 2 is 1.91 bits per heavy atom. The fourth-order valence-electron chi connectivity index (χ4n) is 3.80. The van der Waals surface area contributed by atoms with Crippen LogP contribution < -0.4 is 9.64 Å². The first kappa shape index (κ1) is 22.6. The maximum atomic E-state index is 13.0. The van der Waals surface area contributed by atoms with Crippen molar-refractivity contribution in [2.45, 2.75) is 20.0 Å². The first-order valence-corrected chi connectivity index (χ1v) is 10.8. The topological polar surface area (TPSA) is 93.6 Å². The van der Waals surface area contributed by atoms with Gasteiger partial charge in [-0.05, 0) is 25.0 Å². The molecule has 0 bridgehead atoms. The number of ether oxygens (including phenoxy) is 2. The van der Waals surface area contributed by atoms with E-state index in [9.17, 15) is 4.79 Å². The molecule has 3 heterocycles. The molecule has 3 aromatic rings. The molecule has 1 saturated heterocycles. The fourth-order valence-corrected chi connectivity index (χ4v) is 3.80. The van der Waals surface area contributed by atoms with Crippen molar-refractivity contribution < 1.29 is 14.3 Å². The molecule has 1 aromatic carbocycles. The van der Waals surface area contributed by atoms with Gasteiger partial charge in [0.2, 0.25) is 5.95 Å². The van der Waals surface area contributed by atoms with Gasteiger partial charge in [0, 0.05) is 50.4 Å². The Morgan fingerprint density at radius 3 is 2.61 bits per heavy atom. The minimum Gasteiger partial charge on any atom is -0.483 e. The highest BCUT2D eigenvalue weighted by Gasteiger charge is 2.29. The van der Waals surface area contributed by atoms with E-state index in [1.165, 1.54) is 6.33 Å². The zero-order chi connectivity index (χ0) is 23.4. The first-order chi connectivity index (χ1) is 15.9. The summed E-state index contributed by atoms with van der Waals surface area (Å²) in [7, 11) is 3.76. The monoisotopic (exact) mass is 448 g/mol. The number of amides is 1. The number of carbonyl (C=O) groups is 1. The van der Waals surface area contributed by atoms with Gasteiger partial charge in [0.25, 0.3) is 5.91 Å². The molecule has 0 aliphatic carbocycles. The zero-order valence-electron chi connectivity index (χ0n) is 19.4. The highest BCUT2D eigenvalue weighted by atomic mass is 16.5. The molecule has 4 rings (SSSR count). The van der Waals surface area contributed by atoms with E-state index in [2.05, 4.69) is 15.0 Å². The number of carbonyl (C=O) groups excluding carboxylic acids is 1. The van der Waals surface area contributed by atoms with Crippen molar-refractivity contribution in [1.29, 1.82) is 0 Å². The predicted octanol–water partition coefficient (Wildman–Crippen LogP) is 2.60. The van der Waals surface area contributed by atoms with E-state index < -0.39 is 6.10 Å². The highest BCUT2D eigenvalue weighted by Crippen LogP contribution is 2.31. The van der Waals surface area contributed by atoms with E-state index in [0.29, 0.717) is 31.3 Å². The van der Waals surface area contributed by atoms with Crippen molar-refractivity contribution in [3.63, 3.8) is 0 Å². The number of nitrogens with zero attached hydrogens (tertiary/aromatic N) is 6. The standard InChI is InChI=1S/C24H28N6O3/c1-16-6-5-7-17(2)23(16)33-14-21(31)30-8-9-32-20(13-30)22-19(18-10-25-15-26-11-18)12-27-24(28-22)29(3)4/h5-7,10-12,15,20H,8-9,13-14H2,1-4H3. The van der Waals surface area contributed by atoms with Crippen LogP contribution in [0, 0.1) is 13.8 Å². The van der Waals surface area contributed by atoms with Crippen LogP contribution in [0.1, 0.15) is 22.9 Å². The second-order valence-electron chi connectivity index (χ2n) is 8.20. The van der Waals surface area contributed by atoms with E-state index in [4.69, 9.17) is 14.5 Å². The second kappa shape index (κ2) is 9.91. The predicted molar refractivity (Wildman–Crippen MR) is 124 cm³/mol. The minimum absolute atomic E-state index is 0.0233. The lowest BCUT2D eigenvalue weighted by Crippen LogP contribution is -2.44. The van der Waals surface area contributed by atoms with Gasteiger partial charge < -0.3 is 19.3 Å². The maximum Gasteiger partial charge on any atom is 0.260 e. The van der Waals surface area contributed by atoms with Gasteiger partial charge >= 0.3 is 0 Å². The normalized spacial score (nSPS) is 15.9. The molecule has 0 saturated carbocycles. The van der Waals surface area contributed by atoms with E-state index >= 15 is 0 Å². The molecule has 33 heavy (non-hydrogen) atoms. The van der Waals surface area contributed by atoms with Crippen LogP contribution in [0.25, 0.3) is 11.1 Å². The largest absolute Gasteiger partial charge is 0.483 e. The number of morpholine rings is 1. The number of benzene rings is 1. The Morgan fingerprint density at radius 1 is 1.18 bits per heavy atom. The lowest BCUT2D eigenvalue weighted by Gasteiger charge is -2.33. The van der Waals surface area contributed by atoms with E-state index in [0.717, 1.165) is 28.0 Å². The van der Waals surface area contributed by atoms with Crippen LogP contribution in [0.5, 0.6) is 5.75 Å². The molecule has 2 aromatic heterocycles. The summed E-state index contributed by atoms with van der Waals surface area (Å²) in [6.07, 6.45) is 6.26. The molecule has 1 fully saturated rings. The van der Waals surface area contributed by atoms with Crippen LogP contribution >= 0.6 is 0 Å². The van der Waals surface area contributed by atoms with Crippen LogP contribution in [-0.2, 0) is 9.53 Å². The number of hydrogen-bond donors (Lipinski definition) is 0. The average molecular weight is 449 g/mol. The number of hydrogen-bond acceptors (Lipinski definition) is 8. The van der Waals surface area contributed by atoms with Gasteiger partial charge in [0.15, 0.2) is 6.61 Å². The van der Waals surface area contributed by atoms with Crippen molar-refractivity contribution in [2.75, 3.05) is 45.3 Å². The fraction of sp³-hybridized carbons (Fsp3) is 0.375. The van der Waals surface area contributed by atoms with E-state index in [1.54, 1.807) is 23.5 Å².